The second-order valence-corrected chi connectivity index (χ2v) is 7.00. The molecule has 0 bridgehead atoms. The number of nitrogens with one attached hydrogen (secondary N) is 1. The van der Waals surface area contributed by atoms with Crippen LogP contribution in [-0.2, 0) is 11.3 Å². The van der Waals surface area contributed by atoms with Gasteiger partial charge in [-0.1, -0.05) is 12.1 Å². The van der Waals surface area contributed by atoms with Gasteiger partial charge in [-0.05, 0) is 48.7 Å². The molecule has 1 fully saturated rings. The molecule has 6 heteroatoms. The second kappa shape index (κ2) is 8.77. The number of benzene rings is 1. The van der Waals surface area contributed by atoms with Gasteiger partial charge in [0.15, 0.2) is 0 Å². The molecule has 0 spiro atoms. The summed E-state index contributed by atoms with van der Waals surface area (Å²) in [5.41, 5.74) is 3.98. The van der Waals surface area contributed by atoms with Gasteiger partial charge in [0.05, 0.1) is 6.54 Å². The van der Waals surface area contributed by atoms with Crippen molar-refractivity contribution >= 4 is 11.8 Å². The Hall–Kier alpha value is -2.73. The first-order valence-electron chi connectivity index (χ1n) is 9.27. The molecule has 1 aliphatic rings. The molecule has 2 amide bonds. The molecular weight excluding hydrogens is 340 g/mol. The maximum atomic E-state index is 12.4. The molecule has 142 valence electrons. The summed E-state index contributed by atoms with van der Waals surface area (Å²) in [5.74, 6) is -0.241. The van der Waals surface area contributed by atoms with Crippen molar-refractivity contribution in [1.29, 1.82) is 0 Å². The van der Waals surface area contributed by atoms with Gasteiger partial charge >= 0.3 is 0 Å². The molecule has 1 N–H and O–H groups in total. The van der Waals surface area contributed by atoms with E-state index in [1.165, 1.54) is 5.56 Å². The summed E-state index contributed by atoms with van der Waals surface area (Å²) in [7, 11) is 0. The summed E-state index contributed by atoms with van der Waals surface area (Å²) >= 11 is 0. The van der Waals surface area contributed by atoms with Gasteiger partial charge in [-0.25, -0.2) is 0 Å². The number of pyridine rings is 1. The number of hydrogen-bond donors (Lipinski definition) is 1. The molecule has 0 atom stereocenters. The van der Waals surface area contributed by atoms with Crippen LogP contribution in [0.25, 0.3) is 0 Å². The largest absolute Gasteiger partial charge is 0.343 e. The molecule has 0 saturated carbocycles. The van der Waals surface area contributed by atoms with Crippen molar-refractivity contribution in [3.05, 3.63) is 65.0 Å². The molecule has 27 heavy (non-hydrogen) atoms. The third-order valence-electron chi connectivity index (χ3n) is 5.02. The lowest BCUT2D eigenvalue weighted by Gasteiger charge is -2.34. The van der Waals surface area contributed by atoms with Crippen molar-refractivity contribution < 1.29 is 9.59 Å². The third kappa shape index (κ3) is 5.14. The normalized spacial score (nSPS) is 14.8. The standard InChI is InChI=1S/C21H26N4O2/c1-16-5-6-19(12-17(16)2)21(27)23-14-20(26)25-10-8-24(9-11-25)15-18-4-3-7-22-13-18/h3-7,12-13H,8-11,14-15H2,1-2H3,(H,23,27). The molecule has 1 aromatic carbocycles. The predicted octanol–water partition coefficient (Wildman–Crippen LogP) is 1.77. The molecule has 3 rings (SSSR count). The number of carbonyl (C=O) groups is 2. The summed E-state index contributed by atoms with van der Waals surface area (Å²) in [6, 6.07) is 9.57. The van der Waals surface area contributed by atoms with Crippen molar-refractivity contribution in [2.75, 3.05) is 32.7 Å². The van der Waals surface area contributed by atoms with E-state index in [1.54, 1.807) is 12.3 Å². The van der Waals surface area contributed by atoms with Crippen LogP contribution in [0, 0.1) is 13.8 Å². The Morgan fingerprint density at radius 1 is 1.07 bits per heavy atom. The zero-order valence-corrected chi connectivity index (χ0v) is 15.9. The Morgan fingerprint density at radius 2 is 1.85 bits per heavy atom. The summed E-state index contributed by atoms with van der Waals surface area (Å²) in [6.07, 6.45) is 3.65. The Bertz CT molecular complexity index is 799. The summed E-state index contributed by atoms with van der Waals surface area (Å²) in [5, 5.41) is 2.74. The fraction of sp³-hybridized carbons (Fsp3) is 0.381. The van der Waals surface area contributed by atoms with E-state index in [0.717, 1.165) is 30.8 Å². The summed E-state index contributed by atoms with van der Waals surface area (Å²) in [6.45, 7) is 7.87. The Morgan fingerprint density at radius 3 is 2.52 bits per heavy atom. The van der Waals surface area contributed by atoms with Crippen molar-refractivity contribution in [2.45, 2.75) is 20.4 Å². The third-order valence-corrected chi connectivity index (χ3v) is 5.02. The van der Waals surface area contributed by atoms with E-state index in [-0.39, 0.29) is 18.4 Å². The SMILES string of the molecule is Cc1ccc(C(=O)NCC(=O)N2CCN(Cc3cccnc3)CC2)cc1C. The zero-order chi connectivity index (χ0) is 19.2. The number of carbonyl (C=O) groups excluding carboxylic acids is 2. The molecule has 0 unspecified atom stereocenters. The first kappa shape index (κ1) is 19.0. The minimum absolute atomic E-state index is 0.0341. The molecule has 1 aromatic heterocycles. The molecular formula is C21H26N4O2. The molecule has 0 aliphatic carbocycles. The van der Waals surface area contributed by atoms with E-state index < -0.39 is 0 Å². The zero-order valence-electron chi connectivity index (χ0n) is 15.9. The van der Waals surface area contributed by atoms with Crippen molar-refractivity contribution in [2.24, 2.45) is 0 Å². The van der Waals surface area contributed by atoms with Crippen LogP contribution in [-0.4, -0.2) is 59.3 Å². The minimum atomic E-state index is -0.207. The van der Waals surface area contributed by atoms with E-state index in [4.69, 9.17) is 0 Å². The summed E-state index contributed by atoms with van der Waals surface area (Å²) in [4.78, 5) is 32.9. The van der Waals surface area contributed by atoms with Crippen molar-refractivity contribution in [3.63, 3.8) is 0 Å². The highest BCUT2D eigenvalue weighted by atomic mass is 16.2. The fourth-order valence-electron chi connectivity index (χ4n) is 3.16. The average Bonchev–Trinajstić information content (AvgIpc) is 2.69. The second-order valence-electron chi connectivity index (χ2n) is 7.00. The van der Waals surface area contributed by atoms with Crippen molar-refractivity contribution in [3.8, 4) is 0 Å². The Kier molecular flexibility index (Phi) is 6.19. The van der Waals surface area contributed by atoms with Gasteiger partial charge in [0.1, 0.15) is 0 Å². The van der Waals surface area contributed by atoms with Gasteiger partial charge < -0.3 is 10.2 Å². The molecule has 2 heterocycles. The predicted molar refractivity (Wildman–Crippen MR) is 104 cm³/mol. The van der Waals surface area contributed by atoms with E-state index in [0.29, 0.717) is 18.7 Å². The highest BCUT2D eigenvalue weighted by Crippen LogP contribution is 2.10. The molecule has 2 aromatic rings. The first-order valence-corrected chi connectivity index (χ1v) is 9.27. The fourth-order valence-corrected chi connectivity index (χ4v) is 3.16. The number of piperazine rings is 1. The maximum Gasteiger partial charge on any atom is 0.251 e. The highest BCUT2D eigenvalue weighted by molar-refractivity contribution is 5.96. The first-order chi connectivity index (χ1) is 13.0. The van der Waals surface area contributed by atoms with Gasteiger partial charge in [-0.15, -0.1) is 0 Å². The number of nitrogens with zero attached hydrogens (tertiary/aromatic N) is 3. The molecule has 1 saturated heterocycles. The lowest BCUT2D eigenvalue weighted by Crippen LogP contribution is -2.50. The average molecular weight is 366 g/mol. The number of amides is 2. The van der Waals surface area contributed by atoms with E-state index in [2.05, 4.69) is 21.3 Å². The smallest absolute Gasteiger partial charge is 0.251 e. The number of aryl methyl sites for hydroxylation is 2. The highest BCUT2D eigenvalue weighted by Gasteiger charge is 2.21. The maximum absolute atomic E-state index is 12.4. The number of rotatable bonds is 5. The molecule has 6 nitrogen and oxygen atoms in total. The lowest BCUT2D eigenvalue weighted by atomic mass is 10.1. The van der Waals surface area contributed by atoms with Crippen LogP contribution in [0.1, 0.15) is 27.0 Å². The van der Waals surface area contributed by atoms with Crippen LogP contribution in [0.4, 0.5) is 0 Å². The monoisotopic (exact) mass is 366 g/mol. The Labute approximate surface area is 160 Å². The van der Waals surface area contributed by atoms with Crippen molar-refractivity contribution in [1.82, 2.24) is 20.1 Å². The number of hydrogen-bond acceptors (Lipinski definition) is 4. The lowest BCUT2D eigenvalue weighted by molar-refractivity contribution is -0.131. The van der Waals surface area contributed by atoms with Crippen LogP contribution in [0.3, 0.4) is 0 Å². The van der Waals surface area contributed by atoms with Gasteiger partial charge in [0.25, 0.3) is 5.91 Å². The Balaban J connectivity index is 1.44. The van der Waals surface area contributed by atoms with Crippen LogP contribution < -0.4 is 5.32 Å². The van der Waals surface area contributed by atoms with Crippen LogP contribution in [0.15, 0.2) is 42.7 Å². The molecule has 1 aliphatic heterocycles. The van der Waals surface area contributed by atoms with E-state index in [1.807, 2.05) is 43.1 Å². The van der Waals surface area contributed by atoms with Gasteiger partial charge in [-0.2, -0.15) is 0 Å². The van der Waals surface area contributed by atoms with Crippen LogP contribution in [0.2, 0.25) is 0 Å². The van der Waals surface area contributed by atoms with Gasteiger partial charge in [0.2, 0.25) is 5.91 Å². The summed E-state index contributed by atoms with van der Waals surface area (Å²) < 4.78 is 0. The minimum Gasteiger partial charge on any atom is -0.343 e. The van der Waals surface area contributed by atoms with Crippen LogP contribution in [0.5, 0.6) is 0 Å². The van der Waals surface area contributed by atoms with Gasteiger partial charge in [-0.3, -0.25) is 19.5 Å². The van der Waals surface area contributed by atoms with E-state index in [9.17, 15) is 9.59 Å². The van der Waals surface area contributed by atoms with Gasteiger partial charge in [0, 0.05) is 50.7 Å². The molecule has 0 radical (unpaired) electrons. The quantitative estimate of drug-likeness (QED) is 0.876. The van der Waals surface area contributed by atoms with Crippen LogP contribution >= 0.6 is 0 Å². The number of aromatic nitrogens is 1. The topological polar surface area (TPSA) is 65.5 Å². The van der Waals surface area contributed by atoms with E-state index >= 15 is 0 Å².